The van der Waals surface area contributed by atoms with E-state index in [1.807, 2.05) is 24.3 Å². The molecule has 0 saturated carbocycles. The third-order valence-corrected chi connectivity index (χ3v) is 2.47. The second-order valence-electron chi connectivity index (χ2n) is 5.34. The average Bonchev–Trinajstić information content (AvgIpc) is 2.80. The maximum atomic E-state index is 11.7. The minimum atomic E-state index is -0.699. The predicted molar refractivity (Wildman–Crippen MR) is 76.5 cm³/mol. The number of amides is 1. The van der Waals surface area contributed by atoms with Crippen molar-refractivity contribution < 1.29 is 14.1 Å². The quantitative estimate of drug-likeness (QED) is 0.911. The van der Waals surface area contributed by atoms with Gasteiger partial charge in [0, 0.05) is 5.56 Å². The molecule has 2 rings (SSSR count). The van der Waals surface area contributed by atoms with Crippen LogP contribution >= 0.6 is 0 Å². The Kier molecular flexibility index (Phi) is 3.94. The Balaban J connectivity index is 2.26. The van der Waals surface area contributed by atoms with Gasteiger partial charge in [-0.05, 0) is 20.8 Å². The fraction of sp³-hybridized carbons (Fsp3) is 0.267. The Morgan fingerprint density at radius 2 is 2.00 bits per heavy atom. The lowest BCUT2D eigenvalue weighted by Gasteiger charge is -2.18. The van der Waals surface area contributed by atoms with E-state index in [4.69, 9.17) is 9.26 Å². The average molecular weight is 285 g/mol. The minimum absolute atomic E-state index is 0.0226. The normalized spacial score (nSPS) is 10.8. The van der Waals surface area contributed by atoms with E-state index in [-0.39, 0.29) is 11.4 Å². The van der Waals surface area contributed by atoms with Crippen molar-refractivity contribution in [2.24, 2.45) is 0 Å². The molecule has 1 aromatic heterocycles. The molecule has 2 aromatic rings. The van der Waals surface area contributed by atoms with Gasteiger partial charge in [0.25, 0.3) is 5.88 Å². The maximum absolute atomic E-state index is 11.7. The number of hydrogen-bond donors (Lipinski definition) is 1. The highest BCUT2D eigenvalue weighted by Gasteiger charge is 2.22. The van der Waals surface area contributed by atoms with Gasteiger partial charge in [-0.3, -0.25) is 5.32 Å². The van der Waals surface area contributed by atoms with Crippen LogP contribution in [0.25, 0.3) is 11.3 Å². The Bertz CT molecular complexity index is 678. The Hall–Kier alpha value is -2.81. The van der Waals surface area contributed by atoms with Gasteiger partial charge in [-0.2, -0.15) is 5.26 Å². The number of hydrogen-bond acceptors (Lipinski definition) is 5. The predicted octanol–water partition coefficient (Wildman–Crippen LogP) is 3.56. The van der Waals surface area contributed by atoms with Crippen LogP contribution in [0.4, 0.5) is 10.7 Å². The number of anilines is 1. The van der Waals surface area contributed by atoms with Crippen LogP contribution in [0.1, 0.15) is 26.3 Å². The second kappa shape index (κ2) is 5.67. The molecule has 6 nitrogen and oxygen atoms in total. The number of nitrogens with zero attached hydrogens (tertiary/aromatic N) is 2. The SMILES string of the molecule is CC(C)(C)OC(=O)Nc1onc(-c2ccccc2)c1C#N. The summed E-state index contributed by atoms with van der Waals surface area (Å²) in [6, 6.07) is 11.1. The fourth-order valence-electron chi connectivity index (χ4n) is 1.67. The number of carbonyl (C=O) groups excluding carboxylic acids is 1. The summed E-state index contributed by atoms with van der Waals surface area (Å²) in [5.41, 5.74) is 0.630. The van der Waals surface area contributed by atoms with Crippen LogP contribution in [0.15, 0.2) is 34.9 Å². The van der Waals surface area contributed by atoms with Crippen LogP contribution < -0.4 is 5.32 Å². The van der Waals surface area contributed by atoms with Crippen molar-refractivity contribution in [3.63, 3.8) is 0 Å². The molecule has 0 spiro atoms. The third kappa shape index (κ3) is 3.60. The van der Waals surface area contributed by atoms with Gasteiger partial charge in [-0.25, -0.2) is 4.79 Å². The first-order chi connectivity index (χ1) is 9.90. The van der Waals surface area contributed by atoms with Crippen molar-refractivity contribution in [1.29, 1.82) is 5.26 Å². The highest BCUT2D eigenvalue weighted by atomic mass is 16.6. The Morgan fingerprint density at radius 1 is 1.33 bits per heavy atom. The molecule has 1 heterocycles. The zero-order chi connectivity index (χ0) is 15.5. The molecule has 1 amide bonds. The van der Waals surface area contributed by atoms with E-state index < -0.39 is 11.7 Å². The van der Waals surface area contributed by atoms with Crippen molar-refractivity contribution in [2.75, 3.05) is 5.32 Å². The molecular formula is C15H15N3O3. The monoisotopic (exact) mass is 285 g/mol. The van der Waals surface area contributed by atoms with E-state index in [1.165, 1.54) is 0 Å². The summed E-state index contributed by atoms with van der Waals surface area (Å²) in [4.78, 5) is 11.7. The van der Waals surface area contributed by atoms with E-state index in [0.717, 1.165) is 5.56 Å². The molecule has 6 heteroatoms. The van der Waals surface area contributed by atoms with Crippen LogP contribution in [-0.2, 0) is 4.74 Å². The summed E-state index contributed by atoms with van der Waals surface area (Å²) >= 11 is 0. The number of nitriles is 1. The maximum Gasteiger partial charge on any atom is 0.414 e. The largest absolute Gasteiger partial charge is 0.444 e. The third-order valence-electron chi connectivity index (χ3n) is 2.47. The second-order valence-corrected chi connectivity index (χ2v) is 5.34. The van der Waals surface area contributed by atoms with Crippen LogP contribution in [-0.4, -0.2) is 16.9 Å². The van der Waals surface area contributed by atoms with E-state index >= 15 is 0 Å². The summed E-state index contributed by atoms with van der Waals surface area (Å²) in [7, 11) is 0. The van der Waals surface area contributed by atoms with Gasteiger partial charge in [0.1, 0.15) is 22.9 Å². The number of nitrogens with one attached hydrogen (secondary N) is 1. The number of rotatable bonds is 2. The van der Waals surface area contributed by atoms with Crippen LogP contribution in [0.3, 0.4) is 0 Å². The standard InChI is InChI=1S/C15H15N3O3/c1-15(2,3)20-14(19)17-13-11(9-16)12(18-21-13)10-7-5-4-6-8-10/h4-8H,1-3H3,(H,17,19). The number of carbonyl (C=O) groups is 1. The summed E-state index contributed by atoms with van der Waals surface area (Å²) in [5, 5.41) is 15.5. The molecule has 1 N–H and O–H groups in total. The van der Waals surface area contributed by atoms with E-state index in [1.54, 1.807) is 32.9 Å². The van der Waals surface area contributed by atoms with Gasteiger partial charge in [0.15, 0.2) is 0 Å². The summed E-state index contributed by atoms with van der Waals surface area (Å²) in [5.74, 6) is -0.0226. The van der Waals surface area contributed by atoms with Crippen LogP contribution in [0.2, 0.25) is 0 Å². The van der Waals surface area contributed by atoms with Crippen molar-refractivity contribution in [3.8, 4) is 17.3 Å². The van der Waals surface area contributed by atoms with Crippen molar-refractivity contribution in [3.05, 3.63) is 35.9 Å². The molecule has 0 radical (unpaired) electrons. The number of benzene rings is 1. The molecule has 0 aliphatic carbocycles. The first kappa shape index (κ1) is 14.6. The van der Waals surface area contributed by atoms with Gasteiger partial charge >= 0.3 is 6.09 Å². The highest BCUT2D eigenvalue weighted by molar-refractivity contribution is 5.86. The molecule has 0 aliphatic heterocycles. The van der Waals surface area contributed by atoms with Gasteiger partial charge in [-0.1, -0.05) is 35.5 Å². The molecular weight excluding hydrogens is 270 g/mol. The van der Waals surface area contributed by atoms with Crippen LogP contribution in [0.5, 0.6) is 0 Å². The molecule has 1 aromatic carbocycles. The van der Waals surface area contributed by atoms with Gasteiger partial charge in [-0.15, -0.1) is 0 Å². The molecule has 21 heavy (non-hydrogen) atoms. The molecule has 0 saturated heterocycles. The van der Waals surface area contributed by atoms with Crippen LogP contribution in [0, 0.1) is 11.3 Å². The molecule has 0 atom stereocenters. The topological polar surface area (TPSA) is 88.2 Å². The molecule has 0 aliphatic rings. The smallest absolute Gasteiger partial charge is 0.414 e. The first-order valence-corrected chi connectivity index (χ1v) is 6.36. The molecule has 108 valence electrons. The van der Waals surface area contributed by atoms with Crippen molar-refractivity contribution >= 4 is 12.0 Å². The lowest BCUT2D eigenvalue weighted by molar-refractivity contribution is 0.0631. The first-order valence-electron chi connectivity index (χ1n) is 6.36. The molecule has 0 fully saturated rings. The summed E-state index contributed by atoms with van der Waals surface area (Å²) in [6.45, 7) is 5.23. The number of ether oxygens (including phenoxy) is 1. The molecule has 0 bridgehead atoms. The Morgan fingerprint density at radius 3 is 2.57 bits per heavy atom. The van der Waals surface area contributed by atoms with Crippen molar-refractivity contribution in [1.82, 2.24) is 5.16 Å². The zero-order valence-corrected chi connectivity index (χ0v) is 12.0. The summed E-state index contributed by atoms with van der Waals surface area (Å²) in [6.07, 6.45) is -0.699. The van der Waals surface area contributed by atoms with E-state index in [0.29, 0.717) is 5.69 Å². The van der Waals surface area contributed by atoms with E-state index in [9.17, 15) is 10.1 Å². The van der Waals surface area contributed by atoms with Gasteiger partial charge < -0.3 is 9.26 Å². The minimum Gasteiger partial charge on any atom is -0.444 e. The van der Waals surface area contributed by atoms with Gasteiger partial charge in [0.05, 0.1) is 0 Å². The number of aromatic nitrogens is 1. The Labute approximate surface area is 122 Å². The molecule has 0 unspecified atom stereocenters. The summed E-state index contributed by atoms with van der Waals surface area (Å²) < 4.78 is 10.2. The lowest BCUT2D eigenvalue weighted by atomic mass is 10.1. The van der Waals surface area contributed by atoms with Gasteiger partial charge in [0.2, 0.25) is 0 Å². The zero-order valence-electron chi connectivity index (χ0n) is 12.0. The fourth-order valence-corrected chi connectivity index (χ4v) is 1.67. The van der Waals surface area contributed by atoms with E-state index in [2.05, 4.69) is 10.5 Å². The highest BCUT2D eigenvalue weighted by Crippen LogP contribution is 2.28. The lowest BCUT2D eigenvalue weighted by Crippen LogP contribution is -2.27. The van der Waals surface area contributed by atoms with Crippen molar-refractivity contribution in [2.45, 2.75) is 26.4 Å².